The number of nitrogens with zero attached hydrogens (tertiary/aromatic N) is 2. The smallest absolute Gasteiger partial charge is 0.204 e. The molecule has 4 heteroatoms. The Bertz CT molecular complexity index is 555. The summed E-state index contributed by atoms with van der Waals surface area (Å²) in [5, 5.41) is 3.43. The van der Waals surface area contributed by atoms with Crippen molar-refractivity contribution in [2.24, 2.45) is 0 Å². The third-order valence-corrected chi connectivity index (χ3v) is 3.82. The second-order valence-electron chi connectivity index (χ2n) is 5.25. The third-order valence-electron chi connectivity index (χ3n) is 3.82. The lowest BCUT2D eigenvalue weighted by molar-refractivity contribution is 0.331. The largest absolute Gasteiger partial charge is 0.438 e. The summed E-state index contributed by atoms with van der Waals surface area (Å²) in [6.45, 7) is 6.20. The van der Waals surface area contributed by atoms with Crippen LogP contribution in [-0.2, 0) is 5.41 Å². The molecular weight excluding hydrogens is 226 g/mol. The van der Waals surface area contributed by atoms with Crippen molar-refractivity contribution in [1.29, 1.82) is 0 Å². The van der Waals surface area contributed by atoms with Gasteiger partial charge in [0.2, 0.25) is 5.89 Å². The van der Waals surface area contributed by atoms with E-state index in [0.29, 0.717) is 0 Å². The van der Waals surface area contributed by atoms with Crippen LogP contribution in [0.3, 0.4) is 0 Å². The van der Waals surface area contributed by atoms with E-state index in [9.17, 15) is 0 Å². The van der Waals surface area contributed by atoms with E-state index in [1.165, 1.54) is 0 Å². The average molecular weight is 245 g/mol. The summed E-state index contributed by atoms with van der Waals surface area (Å²) in [4.78, 5) is 9.06. The molecule has 0 radical (unpaired) electrons. The number of nitrogens with one attached hydrogen (secondary N) is 1. The van der Waals surface area contributed by atoms with Gasteiger partial charge < -0.3 is 9.73 Å². The maximum absolute atomic E-state index is 5.95. The van der Waals surface area contributed by atoms with Gasteiger partial charge in [0, 0.05) is 12.2 Å². The Hall–Kier alpha value is -1.42. The topological polar surface area (TPSA) is 51.0 Å². The van der Waals surface area contributed by atoms with E-state index in [1.54, 1.807) is 0 Å². The summed E-state index contributed by atoms with van der Waals surface area (Å²) in [6, 6.07) is 3.94. The second-order valence-corrected chi connectivity index (χ2v) is 5.25. The molecule has 18 heavy (non-hydrogen) atoms. The molecule has 2 aromatic heterocycles. The summed E-state index contributed by atoms with van der Waals surface area (Å²) in [6.07, 6.45) is 3.37. The van der Waals surface area contributed by atoms with E-state index in [0.717, 1.165) is 55.2 Å². The van der Waals surface area contributed by atoms with Gasteiger partial charge in [0.15, 0.2) is 11.2 Å². The lowest BCUT2D eigenvalue weighted by Gasteiger charge is -2.23. The van der Waals surface area contributed by atoms with Gasteiger partial charge >= 0.3 is 0 Å². The first-order chi connectivity index (χ1) is 8.73. The molecule has 1 N–H and O–H groups in total. The van der Waals surface area contributed by atoms with Crippen LogP contribution in [0.1, 0.15) is 37.8 Å². The molecule has 1 aliphatic heterocycles. The molecule has 1 saturated heterocycles. The fourth-order valence-corrected chi connectivity index (χ4v) is 2.87. The molecule has 4 nitrogen and oxygen atoms in total. The van der Waals surface area contributed by atoms with Crippen molar-refractivity contribution in [1.82, 2.24) is 15.3 Å². The highest BCUT2D eigenvalue weighted by Crippen LogP contribution is 2.36. The van der Waals surface area contributed by atoms with Crippen molar-refractivity contribution >= 4 is 11.2 Å². The molecule has 1 aliphatic rings. The Balaban J connectivity index is 2.06. The molecule has 1 fully saturated rings. The quantitative estimate of drug-likeness (QED) is 0.903. The van der Waals surface area contributed by atoms with Crippen molar-refractivity contribution in [3.05, 3.63) is 23.7 Å². The summed E-state index contributed by atoms with van der Waals surface area (Å²) in [5.41, 5.74) is 2.60. The number of hydrogen-bond acceptors (Lipinski definition) is 4. The van der Waals surface area contributed by atoms with Crippen LogP contribution in [0.2, 0.25) is 0 Å². The van der Waals surface area contributed by atoms with Crippen LogP contribution < -0.4 is 5.32 Å². The number of aryl methyl sites for hydroxylation is 1. The van der Waals surface area contributed by atoms with Crippen LogP contribution >= 0.6 is 0 Å². The molecule has 0 spiro atoms. The highest BCUT2D eigenvalue weighted by molar-refractivity contribution is 5.67. The second kappa shape index (κ2) is 4.35. The lowest BCUT2D eigenvalue weighted by atomic mass is 9.82. The van der Waals surface area contributed by atoms with Gasteiger partial charge in [0.1, 0.15) is 0 Å². The van der Waals surface area contributed by atoms with Crippen molar-refractivity contribution < 1.29 is 4.42 Å². The maximum atomic E-state index is 5.95. The highest BCUT2D eigenvalue weighted by Gasteiger charge is 2.39. The first-order valence-corrected chi connectivity index (χ1v) is 6.69. The van der Waals surface area contributed by atoms with Crippen molar-refractivity contribution in [3.8, 4) is 0 Å². The first-order valence-electron chi connectivity index (χ1n) is 6.69. The summed E-state index contributed by atoms with van der Waals surface area (Å²) >= 11 is 0. The number of hydrogen-bond donors (Lipinski definition) is 1. The molecule has 1 unspecified atom stereocenters. The SMILES string of the molecule is CCCC1(c2nc3nc(C)ccc3o2)CCNC1. The van der Waals surface area contributed by atoms with Gasteiger partial charge in [-0.15, -0.1) is 0 Å². The summed E-state index contributed by atoms with van der Waals surface area (Å²) in [5.74, 6) is 0.863. The molecule has 0 saturated carbocycles. The lowest BCUT2D eigenvalue weighted by Crippen LogP contribution is -2.29. The Labute approximate surface area is 107 Å². The molecule has 96 valence electrons. The Kier molecular flexibility index (Phi) is 2.82. The molecule has 1 atom stereocenters. The van der Waals surface area contributed by atoms with Crippen LogP contribution in [0.5, 0.6) is 0 Å². The minimum Gasteiger partial charge on any atom is -0.438 e. The normalized spacial score (nSPS) is 23.9. The molecule has 0 bridgehead atoms. The maximum Gasteiger partial charge on any atom is 0.204 e. The van der Waals surface area contributed by atoms with Gasteiger partial charge in [0.05, 0.1) is 5.41 Å². The van der Waals surface area contributed by atoms with Gasteiger partial charge in [-0.1, -0.05) is 13.3 Å². The van der Waals surface area contributed by atoms with E-state index in [2.05, 4.69) is 22.2 Å². The fourth-order valence-electron chi connectivity index (χ4n) is 2.87. The molecule has 3 heterocycles. The number of aromatic nitrogens is 2. The summed E-state index contributed by atoms with van der Waals surface area (Å²) < 4.78 is 5.95. The molecule has 0 amide bonds. The third kappa shape index (κ3) is 1.81. The molecular formula is C14H19N3O. The van der Waals surface area contributed by atoms with Gasteiger partial charge in [-0.2, -0.15) is 4.98 Å². The number of oxazole rings is 1. The summed E-state index contributed by atoms with van der Waals surface area (Å²) in [7, 11) is 0. The predicted octanol–water partition coefficient (Wildman–Crippen LogP) is 2.56. The molecule has 0 aliphatic carbocycles. The van der Waals surface area contributed by atoms with Crippen LogP contribution in [0.25, 0.3) is 11.2 Å². The minimum absolute atomic E-state index is 0.0728. The minimum atomic E-state index is 0.0728. The number of rotatable bonds is 3. The van der Waals surface area contributed by atoms with Crippen LogP contribution in [0, 0.1) is 6.92 Å². The van der Waals surface area contributed by atoms with Gasteiger partial charge in [-0.3, -0.25) is 0 Å². The number of fused-ring (bicyclic) bond motifs is 1. The van der Waals surface area contributed by atoms with E-state index < -0.39 is 0 Å². The zero-order valence-corrected chi connectivity index (χ0v) is 11.0. The Morgan fingerprint density at radius 2 is 2.28 bits per heavy atom. The first kappa shape index (κ1) is 11.7. The van der Waals surface area contributed by atoms with E-state index in [4.69, 9.17) is 4.42 Å². The molecule has 3 rings (SSSR count). The zero-order chi connectivity index (χ0) is 12.6. The van der Waals surface area contributed by atoms with Crippen LogP contribution in [0.4, 0.5) is 0 Å². The van der Waals surface area contributed by atoms with Crippen molar-refractivity contribution in [3.63, 3.8) is 0 Å². The zero-order valence-electron chi connectivity index (χ0n) is 11.0. The van der Waals surface area contributed by atoms with E-state index in [-0.39, 0.29) is 5.41 Å². The van der Waals surface area contributed by atoms with Crippen LogP contribution in [0.15, 0.2) is 16.5 Å². The fraction of sp³-hybridized carbons (Fsp3) is 0.571. The standard InChI is InChI=1S/C14H19N3O/c1-3-6-14(7-8-15-9-14)13-17-12-11(18-13)5-4-10(2)16-12/h4-5,15H,3,6-9H2,1-2H3. The van der Waals surface area contributed by atoms with E-state index >= 15 is 0 Å². The predicted molar refractivity (Wildman–Crippen MR) is 70.6 cm³/mol. The van der Waals surface area contributed by atoms with Crippen molar-refractivity contribution in [2.75, 3.05) is 13.1 Å². The Morgan fingerprint density at radius 3 is 3.00 bits per heavy atom. The van der Waals surface area contributed by atoms with Gasteiger partial charge in [0.25, 0.3) is 0 Å². The van der Waals surface area contributed by atoms with Gasteiger partial charge in [-0.05, 0) is 38.4 Å². The van der Waals surface area contributed by atoms with E-state index in [1.807, 2.05) is 19.1 Å². The monoisotopic (exact) mass is 245 g/mol. The van der Waals surface area contributed by atoms with Crippen molar-refractivity contribution in [2.45, 2.75) is 38.5 Å². The number of pyridine rings is 1. The Morgan fingerprint density at radius 1 is 1.39 bits per heavy atom. The van der Waals surface area contributed by atoms with Gasteiger partial charge in [-0.25, -0.2) is 4.98 Å². The molecule has 0 aromatic carbocycles. The van der Waals surface area contributed by atoms with Crippen LogP contribution in [-0.4, -0.2) is 23.1 Å². The molecule has 2 aromatic rings. The highest BCUT2D eigenvalue weighted by atomic mass is 16.4. The average Bonchev–Trinajstić information content (AvgIpc) is 2.95.